The first-order valence-electron chi connectivity index (χ1n) is 6.07. The largest absolute Gasteiger partial charge is 0.317 e. The van der Waals surface area contributed by atoms with Crippen LogP contribution < -0.4 is 10.8 Å². The summed E-state index contributed by atoms with van der Waals surface area (Å²) in [6.07, 6.45) is 3.32. The first kappa shape index (κ1) is 10.3. The molecule has 2 saturated heterocycles. The average Bonchev–Trinajstić information content (AvgIpc) is 2.75. The number of hydroxylamine groups is 1. The molecule has 0 bridgehead atoms. The fourth-order valence-electron chi connectivity index (χ4n) is 2.71. The highest BCUT2D eigenvalue weighted by Gasteiger charge is 2.41. The van der Waals surface area contributed by atoms with Crippen LogP contribution in [0.3, 0.4) is 0 Å². The molecule has 16 heavy (non-hydrogen) atoms. The minimum atomic E-state index is 0.0752. The number of piperidine rings is 1. The van der Waals surface area contributed by atoms with E-state index in [9.17, 15) is 0 Å². The second-order valence-electron chi connectivity index (χ2n) is 4.82. The molecule has 2 fully saturated rings. The zero-order valence-corrected chi connectivity index (χ0v) is 9.41. The van der Waals surface area contributed by atoms with Crippen molar-refractivity contribution in [1.82, 2.24) is 10.8 Å². The molecule has 1 aromatic rings. The maximum Gasteiger partial charge on any atom is 0.0940 e. The van der Waals surface area contributed by atoms with Crippen LogP contribution in [-0.2, 0) is 4.84 Å². The lowest BCUT2D eigenvalue weighted by Crippen LogP contribution is -2.42. The number of benzene rings is 1. The van der Waals surface area contributed by atoms with Crippen molar-refractivity contribution in [2.24, 2.45) is 0 Å². The molecule has 1 atom stereocenters. The number of hydrogen-bond donors (Lipinski definition) is 2. The Hall–Kier alpha value is -0.900. The normalized spacial score (nSPS) is 28.4. The number of nitrogens with one attached hydrogen (secondary N) is 2. The molecule has 3 rings (SSSR count). The molecule has 0 aromatic heterocycles. The Balaban J connectivity index is 1.73. The van der Waals surface area contributed by atoms with Crippen LogP contribution in [0.1, 0.15) is 30.9 Å². The highest BCUT2D eigenvalue weighted by Crippen LogP contribution is 2.38. The van der Waals surface area contributed by atoms with Gasteiger partial charge in [-0.15, -0.1) is 0 Å². The van der Waals surface area contributed by atoms with Crippen molar-refractivity contribution in [1.29, 1.82) is 0 Å². The minimum Gasteiger partial charge on any atom is -0.317 e. The Morgan fingerprint density at radius 1 is 1.12 bits per heavy atom. The van der Waals surface area contributed by atoms with Crippen LogP contribution >= 0.6 is 0 Å². The van der Waals surface area contributed by atoms with Gasteiger partial charge in [-0.05, 0) is 31.5 Å². The second-order valence-corrected chi connectivity index (χ2v) is 4.82. The zero-order chi connectivity index (χ0) is 10.8. The predicted octanol–water partition coefficient (Wildman–Crippen LogP) is 1.77. The summed E-state index contributed by atoms with van der Waals surface area (Å²) < 4.78 is 0. The van der Waals surface area contributed by atoms with Gasteiger partial charge in [0.1, 0.15) is 0 Å². The molecule has 2 aliphatic heterocycles. The highest BCUT2D eigenvalue weighted by molar-refractivity contribution is 5.20. The van der Waals surface area contributed by atoms with E-state index in [1.54, 1.807) is 0 Å². The molecule has 1 unspecified atom stereocenters. The van der Waals surface area contributed by atoms with Crippen LogP contribution in [0.5, 0.6) is 0 Å². The van der Waals surface area contributed by atoms with Gasteiger partial charge in [0.05, 0.1) is 11.6 Å². The first-order chi connectivity index (χ1) is 7.88. The Kier molecular flexibility index (Phi) is 2.67. The third-order valence-corrected chi connectivity index (χ3v) is 3.71. The van der Waals surface area contributed by atoms with E-state index >= 15 is 0 Å². The standard InChI is InChI=1S/C13H18N2O/c1-2-4-11(5-3-1)12-10-13(16-15-12)6-8-14-9-7-13/h1-5,12,14-15H,6-10H2. The van der Waals surface area contributed by atoms with E-state index in [-0.39, 0.29) is 5.60 Å². The summed E-state index contributed by atoms with van der Waals surface area (Å²) in [4.78, 5) is 5.86. The van der Waals surface area contributed by atoms with Crippen LogP contribution in [0, 0.1) is 0 Å². The quantitative estimate of drug-likeness (QED) is 0.753. The summed E-state index contributed by atoms with van der Waals surface area (Å²) in [5, 5.41) is 3.38. The smallest absolute Gasteiger partial charge is 0.0940 e. The molecule has 0 amide bonds. The van der Waals surface area contributed by atoms with Gasteiger partial charge in [-0.25, -0.2) is 0 Å². The van der Waals surface area contributed by atoms with Gasteiger partial charge in [0.15, 0.2) is 0 Å². The van der Waals surface area contributed by atoms with Gasteiger partial charge >= 0.3 is 0 Å². The minimum absolute atomic E-state index is 0.0752. The third kappa shape index (κ3) is 1.86. The Labute approximate surface area is 96.1 Å². The first-order valence-corrected chi connectivity index (χ1v) is 6.07. The van der Waals surface area contributed by atoms with Crippen molar-refractivity contribution >= 4 is 0 Å². The van der Waals surface area contributed by atoms with Crippen molar-refractivity contribution in [2.45, 2.75) is 30.9 Å². The fraction of sp³-hybridized carbons (Fsp3) is 0.538. The van der Waals surface area contributed by atoms with Gasteiger partial charge in [-0.3, -0.25) is 4.84 Å². The number of hydrogen-bond acceptors (Lipinski definition) is 3. The predicted molar refractivity (Wildman–Crippen MR) is 62.9 cm³/mol. The maximum absolute atomic E-state index is 5.86. The average molecular weight is 218 g/mol. The lowest BCUT2D eigenvalue weighted by atomic mass is 9.85. The lowest BCUT2D eigenvalue weighted by Gasteiger charge is -2.31. The van der Waals surface area contributed by atoms with Gasteiger partial charge in [-0.1, -0.05) is 30.3 Å². The molecule has 1 spiro atoms. The molecule has 1 aromatic carbocycles. The van der Waals surface area contributed by atoms with E-state index in [0.717, 1.165) is 32.4 Å². The Morgan fingerprint density at radius 3 is 2.62 bits per heavy atom. The second kappa shape index (κ2) is 4.17. The monoisotopic (exact) mass is 218 g/mol. The van der Waals surface area contributed by atoms with Gasteiger partial charge in [0.2, 0.25) is 0 Å². The van der Waals surface area contributed by atoms with Gasteiger partial charge < -0.3 is 5.32 Å². The Bertz CT molecular complexity index is 346. The summed E-state index contributed by atoms with van der Waals surface area (Å²) in [5.74, 6) is 0. The van der Waals surface area contributed by atoms with Crippen molar-refractivity contribution in [2.75, 3.05) is 13.1 Å². The van der Waals surface area contributed by atoms with E-state index in [4.69, 9.17) is 4.84 Å². The summed E-state index contributed by atoms with van der Waals surface area (Å²) in [7, 11) is 0. The zero-order valence-electron chi connectivity index (χ0n) is 9.41. The molecule has 0 aliphatic carbocycles. The van der Waals surface area contributed by atoms with Crippen molar-refractivity contribution in [3.8, 4) is 0 Å². The molecule has 3 nitrogen and oxygen atoms in total. The summed E-state index contributed by atoms with van der Waals surface area (Å²) >= 11 is 0. The van der Waals surface area contributed by atoms with Gasteiger partial charge in [0.25, 0.3) is 0 Å². The Morgan fingerprint density at radius 2 is 1.88 bits per heavy atom. The molecule has 2 heterocycles. The number of rotatable bonds is 1. The molecule has 2 aliphatic rings. The van der Waals surface area contributed by atoms with E-state index in [0.29, 0.717) is 6.04 Å². The van der Waals surface area contributed by atoms with Crippen molar-refractivity contribution in [3.63, 3.8) is 0 Å². The van der Waals surface area contributed by atoms with Crippen LogP contribution in [0.2, 0.25) is 0 Å². The topological polar surface area (TPSA) is 33.3 Å². The third-order valence-electron chi connectivity index (χ3n) is 3.71. The van der Waals surface area contributed by atoms with Crippen LogP contribution in [0.15, 0.2) is 30.3 Å². The lowest BCUT2D eigenvalue weighted by molar-refractivity contribution is -0.0728. The highest BCUT2D eigenvalue weighted by atomic mass is 16.7. The van der Waals surface area contributed by atoms with Crippen molar-refractivity contribution in [3.05, 3.63) is 35.9 Å². The van der Waals surface area contributed by atoms with Crippen molar-refractivity contribution < 1.29 is 4.84 Å². The molecule has 3 heteroatoms. The summed E-state index contributed by atoms with van der Waals surface area (Å²) in [6, 6.07) is 10.9. The molecule has 0 radical (unpaired) electrons. The van der Waals surface area contributed by atoms with Gasteiger partial charge in [0, 0.05) is 6.42 Å². The maximum atomic E-state index is 5.86. The molecule has 86 valence electrons. The van der Waals surface area contributed by atoms with Crippen LogP contribution in [0.25, 0.3) is 0 Å². The summed E-state index contributed by atoms with van der Waals surface area (Å²) in [5.41, 5.74) is 4.61. The molecule has 0 saturated carbocycles. The molecular formula is C13H18N2O. The van der Waals surface area contributed by atoms with E-state index in [2.05, 4.69) is 41.1 Å². The van der Waals surface area contributed by atoms with E-state index < -0.39 is 0 Å². The van der Waals surface area contributed by atoms with Crippen LogP contribution in [-0.4, -0.2) is 18.7 Å². The van der Waals surface area contributed by atoms with Crippen LogP contribution in [0.4, 0.5) is 0 Å². The fourth-order valence-corrected chi connectivity index (χ4v) is 2.71. The van der Waals surface area contributed by atoms with Gasteiger partial charge in [-0.2, -0.15) is 5.48 Å². The molecular weight excluding hydrogens is 200 g/mol. The summed E-state index contributed by atoms with van der Waals surface area (Å²) in [6.45, 7) is 2.15. The SMILES string of the molecule is c1ccc(C2CC3(CCNCC3)ON2)cc1. The van der Waals surface area contributed by atoms with E-state index in [1.165, 1.54) is 5.56 Å². The van der Waals surface area contributed by atoms with E-state index in [1.807, 2.05) is 0 Å². The molecule has 2 N–H and O–H groups in total.